The molecule has 0 aliphatic carbocycles. The summed E-state index contributed by atoms with van der Waals surface area (Å²) >= 11 is 0. The van der Waals surface area contributed by atoms with Gasteiger partial charge in [0.05, 0.1) is 17.3 Å². The van der Waals surface area contributed by atoms with Gasteiger partial charge in [0.25, 0.3) is 0 Å². The fraction of sp³-hybridized carbons (Fsp3) is 0.478. The van der Waals surface area contributed by atoms with E-state index < -0.39 is 0 Å². The monoisotopic (exact) mass is 378 g/mol. The number of rotatable bonds is 5. The van der Waals surface area contributed by atoms with Crippen LogP contribution in [0.25, 0.3) is 10.9 Å². The van der Waals surface area contributed by atoms with Crippen molar-refractivity contribution in [2.45, 2.75) is 52.8 Å². The topological polar surface area (TPSA) is 54.2 Å². The molecule has 5 nitrogen and oxygen atoms in total. The van der Waals surface area contributed by atoms with Gasteiger partial charge in [-0.2, -0.15) is 5.10 Å². The fourth-order valence-corrected chi connectivity index (χ4v) is 4.41. The van der Waals surface area contributed by atoms with Crippen LogP contribution in [0.4, 0.5) is 0 Å². The third-order valence-electron chi connectivity index (χ3n) is 5.96. The number of benzene rings is 1. The molecule has 28 heavy (non-hydrogen) atoms. The Kier molecular flexibility index (Phi) is 5.21. The van der Waals surface area contributed by atoms with E-state index in [1.807, 2.05) is 18.2 Å². The summed E-state index contributed by atoms with van der Waals surface area (Å²) in [5.74, 6) is 0.217. The smallest absolute Gasteiger partial charge is 0.0711 e. The van der Waals surface area contributed by atoms with Gasteiger partial charge in [0.2, 0.25) is 0 Å². The van der Waals surface area contributed by atoms with E-state index in [0.29, 0.717) is 12.6 Å². The first-order chi connectivity index (χ1) is 13.4. The molecule has 0 amide bonds. The van der Waals surface area contributed by atoms with Crippen LogP contribution >= 0.6 is 0 Å². The average Bonchev–Trinajstić information content (AvgIpc) is 3.15. The van der Waals surface area contributed by atoms with Crippen molar-refractivity contribution in [2.75, 3.05) is 13.1 Å². The molecule has 3 heterocycles. The first kappa shape index (κ1) is 19.1. The molecule has 1 aliphatic heterocycles. The van der Waals surface area contributed by atoms with Crippen molar-refractivity contribution in [1.82, 2.24) is 19.7 Å². The van der Waals surface area contributed by atoms with Gasteiger partial charge in [-0.3, -0.25) is 14.6 Å². The highest BCUT2D eigenvalue weighted by Crippen LogP contribution is 2.26. The zero-order chi connectivity index (χ0) is 19.8. The van der Waals surface area contributed by atoms with E-state index in [9.17, 15) is 5.11 Å². The molecule has 1 N–H and O–H groups in total. The predicted molar refractivity (Wildman–Crippen MR) is 112 cm³/mol. The number of aliphatic hydroxyl groups is 1. The van der Waals surface area contributed by atoms with Crippen molar-refractivity contribution < 1.29 is 5.11 Å². The first-order valence-corrected chi connectivity index (χ1v) is 10.2. The minimum atomic E-state index is -0.311. The van der Waals surface area contributed by atoms with Crippen molar-refractivity contribution >= 4 is 10.9 Å². The van der Waals surface area contributed by atoms with E-state index in [1.165, 1.54) is 11.3 Å². The molecule has 1 fully saturated rings. The Morgan fingerprint density at radius 1 is 1.11 bits per heavy atom. The Labute approximate surface area is 167 Å². The summed E-state index contributed by atoms with van der Waals surface area (Å²) < 4.78 is 2.10. The lowest BCUT2D eigenvalue weighted by Crippen LogP contribution is -2.22. The number of aryl methyl sites for hydroxylation is 1. The summed E-state index contributed by atoms with van der Waals surface area (Å²) in [5, 5.41) is 16.5. The summed E-state index contributed by atoms with van der Waals surface area (Å²) in [6.07, 6.45) is 0.500. The molecule has 2 aromatic heterocycles. The lowest BCUT2D eigenvalue weighted by Gasteiger charge is -2.16. The van der Waals surface area contributed by atoms with Gasteiger partial charge in [-0.15, -0.1) is 0 Å². The molecule has 1 aliphatic rings. The minimum Gasteiger partial charge on any atom is -0.391 e. The average molecular weight is 379 g/mol. The summed E-state index contributed by atoms with van der Waals surface area (Å²) in [6.45, 7) is 11.0. The highest BCUT2D eigenvalue weighted by molar-refractivity contribution is 5.78. The van der Waals surface area contributed by atoms with E-state index in [4.69, 9.17) is 10.1 Å². The fourth-order valence-electron chi connectivity index (χ4n) is 4.41. The molecule has 0 bridgehead atoms. The van der Waals surface area contributed by atoms with Crippen LogP contribution in [0.15, 0.2) is 36.4 Å². The molecule has 0 unspecified atom stereocenters. The molecular formula is C23H30N4O. The van der Waals surface area contributed by atoms with E-state index in [2.05, 4.69) is 55.5 Å². The van der Waals surface area contributed by atoms with Crippen LogP contribution in [-0.2, 0) is 13.0 Å². The van der Waals surface area contributed by atoms with Crippen LogP contribution in [0.2, 0.25) is 0 Å². The number of nitrogens with zero attached hydrogens (tertiary/aromatic N) is 4. The Morgan fingerprint density at radius 2 is 1.89 bits per heavy atom. The molecule has 1 saturated heterocycles. The number of likely N-dealkylation sites (tertiary alicyclic amines) is 1. The summed E-state index contributed by atoms with van der Waals surface area (Å²) in [4.78, 5) is 7.15. The maximum atomic E-state index is 10.7. The van der Waals surface area contributed by atoms with Gasteiger partial charge >= 0.3 is 0 Å². The predicted octanol–water partition coefficient (Wildman–Crippen LogP) is 3.66. The van der Waals surface area contributed by atoms with Crippen LogP contribution in [0.3, 0.4) is 0 Å². The summed E-state index contributed by atoms with van der Waals surface area (Å²) in [6, 6.07) is 12.8. The third kappa shape index (κ3) is 3.69. The maximum Gasteiger partial charge on any atom is 0.0711 e. The van der Waals surface area contributed by atoms with Crippen LogP contribution in [0.5, 0.6) is 0 Å². The highest BCUT2D eigenvalue weighted by atomic mass is 16.3. The van der Waals surface area contributed by atoms with Gasteiger partial charge in [-0.1, -0.05) is 24.3 Å². The van der Waals surface area contributed by atoms with Crippen molar-refractivity contribution in [3.8, 4) is 0 Å². The van der Waals surface area contributed by atoms with Gasteiger partial charge in [0.15, 0.2) is 0 Å². The maximum absolute atomic E-state index is 10.7. The molecule has 2 atom stereocenters. The number of aromatic nitrogens is 3. The summed E-state index contributed by atoms with van der Waals surface area (Å²) in [5.41, 5.74) is 5.72. The molecule has 148 valence electrons. The molecule has 0 spiro atoms. The quantitative estimate of drug-likeness (QED) is 0.736. The van der Waals surface area contributed by atoms with Crippen molar-refractivity contribution in [3.05, 3.63) is 59.0 Å². The van der Waals surface area contributed by atoms with Crippen molar-refractivity contribution in [2.24, 2.45) is 5.92 Å². The van der Waals surface area contributed by atoms with Gasteiger partial charge in [-0.25, -0.2) is 0 Å². The third-order valence-corrected chi connectivity index (χ3v) is 5.96. The van der Waals surface area contributed by atoms with E-state index in [1.54, 1.807) is 0 Å². The second-order valence-corrected chi connectivity index (χ2v) is 8.41. The standard InChI is InChI=1S/C23H30N4O/c1-15(2)27-17(4)21(16(3)25-27)13-26-12-19(23(28)14-26)11-20-10-9-18-7-5-6-8-22(18)24-20/h5-10,15,19,23,28H,11-14H2,1-4H3/t19-,23-/m1/s1. The molecule has 5 heteroatoms. The zero-order valence-corrected chi connectivity index (χ0v) is 17.3. The highest BCUT2D eigenvalue weighted by Gasteiger charge is 2.32. The second kappa shape index (κ2) is 7.64. The Hall–Kier alpha value is -2.24. The zero-order valence-electron chi connectivity index (χ0n) is 17.3. The number of aliphatic hydroxyl groups excluding tert-OH is 1. The number of β-amino-alcohol motifs (C(OH)–C–C–N with tert-alkyl or cyclic N) is 1. The van der Waals surface area contributed by atoms with Gasteiger partial charge < -0.3 is 5.11 Å². The van der Waals surface area contributed by atoms with Crippen molar-refractivity contribution in [1.29, 1.82) is 0 Å². The van der Waals surface area contributed by atoms with Gasteiger partial charge in [-0.05, 0) is 46.2 Å². The Balaban J connectivity index is 1.46. The molecule has 1 aromatic carbocycles. The van der Waals surface area contributed by atoms with E-state index in [-0.39, 0.29) is 12.0 Å². The van der Waals surface area contributed by atoms with Gasteiger partial charge in [0.1, 0.15) is 0 Å². The molecule has 0 radical (unpaired) electrons. The SMILES string of the molecule is Cc1nn(C(C)C)c(C)c1CN1C[C@@H](Cc2ccc3ccccc3n2)[C@H](O)C1. The molecular weight excluding hydrogens is 348 g/mol. The largest absolute Gasteiger partial charge is 0.391 e. The van der Waals surface area contributed by atoms with E-state index in [0.717, 1.165) is 41.8 Å². The Morgan fingerprint density at radius 3 is 2.64 bits per heavy atom. The van der Waals surface area contributed by atoms with Crippen LogP contribution in [0, 0.1) is 19.8 Å². The lowest BCUT2D eigenvalue weighted by molar-refractivity contribution is 0.140. The van der Waals surface area contributed by atoms with Gasteiger partial charge in [0, 0.05) is 53.9 Å². The van der Waals surface area contributed by atoms with Crippen LogP contribution in [-0.4, -0.2) is 44.0 Å². The number of para-hydroxylation sites is 1. The minimum absolute atomic E-state index is 0.217. The van der Waals surface area contributed by atoms with E-state index >= 15 is 0 Å². The van der Waals surface area contributed by atoms with Crippen LogP contribution in [0.1, 0.15) is 42.5 Å². The number of pyridine rings is 1. The second-order valence-electron chi connectivity index (χ2n) is 8.41. The Bertz CT molecular complexity index is 978. The van der Waals surface area contributed by atoms with Crippen molar-refractivity contribution in [3.63, 3.8) is 0 Å². The van der Waals surface area contributed by atoms with Crippen LogP contribution < -0.4 is 0 Å². The normalized spacial score (nSPS) is 20.5. The molecule has 4 rings (SSSR count). The molecule has 0 saturated carbocycles. The lowest BCUT2D eigenvalue weighted by atomic mass is 9.99. The number of fused-ring (bicyclic) bond motifs is 1. The first-order valence-electron chi connectivity index (χ1n) is 10.2. The number of hydrogen-bond acceptors (Lipinski definition) is 4. The molecule has 3 aromatic rings. The summed E-state index contributed by atoms with van der Waals surface area (Å²) in [7, 11) is 0. The number of hydrogen-bond donors (Lipinski definition) is 1.